The van der Waals surface area contributed by atoms with Gasteiger partial charge in [-0.1, -0.05) is 11.3 Å². The standard InChI is InChI=1S/C15H11F3N2O2S2/c1-7-5-10(8(2)23-7)13(21)20-14-19-11-4-3-9(6-12(11)24-14)22-15(16,17)18/h3-6H,1-2H3,(H,19,20,21). The molecule has 0 saturated carbocycles. The Bertz CT molecular complexity index is 915. The zero-order valence-electron chi connectivity index (χ0n) is 12.5. The number of anilines is 1. The minimum absolute atomic E-state index is 0.289. The molecule has 2 aromatic heterocycles. The quantitative estimate of drug-likeness (QED) is 0.694. The number of ether oxygens (including phenoxy) is 1. The van der Waals surface area contributed by atoms with Gasteiger partial charge in [-0.05, 0) is 32.0 Å². The molecule has 1 aromatic carbocycles. The summed E-state index contributed by atoms with van der Waals surface area (Å²) in [7, 11) is 0. The van der Waals surface area contributed by atoms with Crippen molar-refractivity contribution in [2.75, 3.05) is 5.32 Å². The molecule has 0 unspecified atom stereocenters. The highest BCUT2D eigenvalue weighted by atomic mass is 32.1. The number of halogens is 3. The molecule has 0 aliphatic heterocycles. The lowest BCUT2D eigenvalue weighted by Crippen LogP contribution is -2.16. The smallest absolute Gasteiger partial charge is 0.406 e. The Labute approximate surface area is 142 Å². The first kappa shape index (κ1) is 16.7. The number of nitrogens with zero attached hydrogens (tertiary/aromatic N) is 1. The molecule has 0 atom stereocenters. The third-order valence-electron chi connectivity index (χ3n) is 3.10. The van der Waals surface area contributed by atoms with E-state index in [0.29, 0.717) is 20.9 Å². The number of hydrogen-bond donors (Lipinski definition) is 1. The molecule has 4 nitrogen and oxygen atoms in total. The fourth-order valence-electron chi connectivity index (χ4n) is 2.18. The number of aromatic nitrogens is 1. The van der Waals surface area contributed by atoms with E-state index in [-0.39, 0.29) is 11.7 Å². The summed E-state index contributed by atoms with van der Waals surface area (Å²) >= 11 is 2.61. The Morgan fingerprint density at radius 2 is 1.96 bits per heavy atom. The van der Waals surface area contributed by atoms with Crippen LogP contribution in [0.2, 0.25) is 0 Å². The van der Waals surface area contributed by atoms with Crippen molar-refractivity contribution in [2.24, 2.45) is 0 Å². The van der Waals surface area contributed by atoms with Crippen molar-refractivity contribution in [3.63, 3.8) is 0 Å². The van der Waals surface area contributed by atoms with Crippen molar-refractivity contribution in [1.82, 2.24) is 4.98 Å². The molecule has 3 rings (SSSR count). The van der Waals surface area contributed by atoms with Crippen LogP contribution in [0.1, 0.15) is 20.1 Å². The Kier molecular flexibility index (Phi) is 4.22. The number of amides is 1. The molecule has 0 spiro atoms. The minimum Gasteiger partial charge on any atom is -0.406 e. The normalized spacial score (nSPS) is 11.7. The van der Waals surface area contributed by atoms with Gasteiger partial charge in [0.15, 0.2) is 5.13 Å². The molecule has 0 aliphatic carbocycles. The van der Waals surface area contributed by atoms with Crippen LogP contribution in [0.15, 0.2) is 24.3 Å². The first-order valence-corrected chi connectivity index (χ1v) is 8.39. The number of thiazole rings is 1. The van der Waals surface area contributed by atoms with Crippen molar-refractivity contribution in [2.45, 2.75) is 20.2 Å². The van der Waals surface area contributed by atoms with Gasteiger partial charge in [-0.15, -0.1) is 24.5 Å². The maximum absolute atomic E-state index is 12.3. The van der Waals surface area contributed by atoms with Crippen molar-refractivity contribution in [3.05, 3.63) is 39.6 Å². The molecule has 3 aromatic rings. The molecule has 1 N–H and O–H groups in total. The van der Waals surface area contributed by atoms with Gasteiger partial charge >= 0.3 is 6.36 Å². The Morgan fingerprint density at radius 1 is 1.21 bits per heavy atom. The number of nitrogens with one attached hydrogen (secondary N) is 1. The number of carbonyl (C=O) groups excluding carboxylic acids is 1. The van der Waals surface area contributed by atoms with Gasteiger partial charge in [-0.25, -0.2) is 4.98 Å². The second kappa shape index (κ2) is 6.06. The summed E-state index contributed by atoms with van der Waals surface area (Å²) in [6.45, 7) is 3.76. The number of benzene rings is 1. The van der Waals surface area contributed by atoms with Gasteiger partial charge in [-0.2, -0.15) is 0 Å². The Hall–Kier alpha value is -2.13. The molecule has 0 saturated heterocycles. The van der Waals surface area contributed by atoms with Gasteiger partial charge in [0.05, 0.1) is 15.8 Å². The number of hydrogen-bond acceptors (Lipinski definition) is 5. The summed E-state index contributed by atoms with van der Waals surface area (Å²) in [5.74, 6) is -0.608. The second-order valence-corrected chi connectivity index (χ2v) is 7.47. The number of fused-ring (bicyclic) bond motifs is 1. The van der Waals surface area contributed by atoms with E-state index in [2.05, 4.69) is 15.0 Å². The van der Waals surface area contributed by atoms with Crippen LogP contribution in [0.5, 0.6) is 5.75 Å². The fourth-order valence-corrected chi connectivity index (χ4v) is 3.99. The van der Waals surface area contributed by atoms with Gasteiger partial charge in [-0.3, -0.25) is 10.1 Å². The zero-order valence-corrected chi connectivity index (χ0v) is 14.2. The second-order valence-electron chi connectivity index (χ2n) is 4.98. The molecule has 0 aliphatic rings. The SMILES string of the molecule is Cc1cc(C(=O)Nc2nc3ccc(OC(F)(F)F)cc3s2)c(C)s1. The number of alkyl halides is 3. The summed E-state index contributed by atoms with van der Waals surface area (Å²) in [5.41, 5.74) is 1.06. The largest absolute Gasteiger partial charge is 0.573 e. The van der Waals surface area contributed by atoms with E-state index in [1.165, 1.54) is 29.5 Å². The molecule has 0 radical (unpaired) electrons. The van der Waals surface area contributed by atoms with Crippen LogP contribution in [0.3, 0.4) is 0 Å². The van der Waals surface area contributed by atoms with E-state index in [0.717, 1.165) is 21.1 Å². The molecule has 0 bridgehead atoms. The Morgan fingerprint density at radius 3 is 2.58 bits per heavy atom. The van der Waals surface area contributed by atoms with E-state index in [4.69, 9.17) is 0 Å². The van der Waals surface area contributed by atoms with Crippen molar-refractivity contribution in [3.8, 4) is 5.75 Å². The molecule has 0 fully saturated rings. The number of thiophene rings is 1. The summed E-state index contributed by atoms with van der Waals surface area (Å²) in [5, 5.41) is 3.00. The van der Waals surface area contributed by atoms with Crippen molar-refractivity contribution < 1.29 is 22.7 Å². The van der Waals surface area contributed by atoms with E-state index >= 15 is 0 Å². The van der Waals surface area contributed by atoms with E-state index in [1.807, 2.05) is 13.8 Å². The molecular formula is C15H11F3N2O2S2. The fraction of sp³-hybridized carbons (Fsp3) is 0.200. The lowest BCUT2D eigenvalue weighted by Gasteiger charge is -2.07. The van der Waals surface area contributed by atoms with Gasteiger partial charge in [0.1, 0.15) is 5.75 Å². The summed E-state index contributed by atoms with van der Waals surface area (Å²) < 4.78 is 41.1. The highest BCUT2D eigenvalue weighted by Crippen LogP contribution is 2.32. The van der Waals surface area contributed by atoms with E-state index in [1.54, 1.807) is 6.07 Å². The van der Waals surface area contributed by atoms with Crippen LogP contribution >= 0.6 is 22.7 Å². The zero-order chi connectivity index (χ0) is 17.5. The average molecular weight is 372 g/mol. The van der Waals surface area contributed by atoms with Crippen LogP contribution in [-0.4, -0.2) is 17.3 Å². The first-order valence-electron chi connectivity index (χ1n) is 6.76. The lowest BCUT2D eigenvalue weighted by molar-refractivity contribution is -0.274. The molecule has 9 heteroatoms. The lowest BCUT2D eigenvalue weighted by atomic mass is 10.2. The van der Waals surface area contributed by atoms with Gasteiger partial charge < -0.3 is 4.74 Å². The summed E-state index contributed by atoms with van der Waals surface area (Å²) in [6, 6.07) is 5.64. The predicted molar refractivity (Wildman–Crippen MR) is 88.0 cm³/mol. The maximum Gasteiger partial charge on any atom is 0.573 e. The number of rotatable bonds is 3. The maximum atomic E-state index is 12.3. The van der Waals surface area contributed by atoms with Crippen LogP contribution in [-0.2, 0) is 0 Å². The van der Waals surface area contributed by atoms with Gasteiger partial charge in [0.2, 0.25) is 0 Å². The topological polar surface area (TPSA) is 51.2 Å². The summed E-state index contributed by atoms with van der Waals surface area (Å²) in [4.78, 5) is 18.4. The highest BCUT2D eigenvalue weighted by Gasteiger charge is 2.31. The average Bonchev–Trinajstić information content (AvgIpc) is 2.98. The number of aryl methyl sites for hydroxylation is 2. The third-order valence-corrected chi connectivity index (χ3v) is 5.00. The van der Waals surface area contributed by atoms with Crippen LogP contribution < -0.4 is 10.1 Å². The monoisotopic (exact) mass is 372 g/mol. The van der Waals surface area contributed by atoms with Crippen molar-refractivity contribution >= 4 is 43.9 Å². The minimum atomic E-state index is -4.75. The van der Waals surface area contributed by atoms with Crippen LogP contribution in [0.4, 0.5) is 18.3 Å². The molecule has 1 amide bonds. The third kappa shape index (κ3) is 3.68. The van der Waals surface area contributed by atoms with Crippen LogP contribution in [0.25, 0.3) is 10.2 Å². The van der Waals surface area contributed by atoms with E-state index in [9.17, 15) is 18.0 Å². The van der Waals surface area contributed by atoms with Gasteiger partial charge in [0, 0.05) is 15.8 Å². The molecule has 2 heterocycles. The summed E-state index contributed by atoms with van der Waals surface area (Å²) in [6.07, 6.45) is -4.75. The first-order chi connectivity index (χ1) is 11.2. The Balaban J connectivity index is 1.83. The van der Waals surface area contributed by atoms with Crippen molar-refractivity contribution in [1.29, 1.82) is 0 Å². The predicted octanol–water partition coefficient (Wildman–Crippen LogP) is 5.13. The molecular weight excluding hydrogens is 361 g/mol. The van der Waals surface area contributed by atoms with Gasteiger partial charge in [0.25, 0.3) is 5.91 Å². The molecule has 24 heavy (non-hydrogen) atoms. The highest BCUT2D eigenvalue weighted by molar-refractivity contribution is 7.22. The van der Waals surface area contributed by atoms with Crippen LogP contribution in [0, 0.1) is 13.8 Å². The molecule has 126 valence electrons. The number of carbonyl (C=O) groups is 1. The van der Waals surface area contributed by atoms with E-state index < -0.39 is 6.36 Å².